The van der Waals surface area contributed by atoms with Crippen LogP contribution in [0.2, 0.25) is 0 Å². The van der Waals surface area contributed by atoms with Crippen molar-refractivity contribution < 1.29 is 84.2 Å². The Hall–Kier alpha value is -3.21. The Balaban J connectivity index is 1.33. The van der Waals surface area contributed by atoms with E-state index in [4.69, 9.17) is 47.9 Å². The molecular formula is C28H40FN5O17P2. The van der Waals surface area contributed by atoms with Gasteiger partial charge in [-0.1, -0.05) is 13.8 Å². The number of nitrogens with zero attached hydrogens (tertiary/aromatic N) is 4. The normalized spacial score (nSPS) is 33.7. The highest BCUT2D eigenvalue weighted by atomic mass is 31.3. The molecule has 3 aliphatic rings. The van der Waals surface area contributed by atoms with E-state index in [1.54, 1.807) is 13.8 Å². The van der Waals surface area contributed by atoms with Crippen molar-refractivity contribution in [1.82, 2.24) is 19.5 Å². The number of nitrogens with two attached hydrogens (primary N) is 1. The summed E-state index contributed by atoms with van der Waals surface area (Å²) in [5.74, 6) is -8.13. The maximum atomic E-state index is 16.6. The minimum Gasteiger partial charge on any atom is -0.462 e. The lowest BCUT2D eigenvalue weighted by atomic mass is 9.81. The van der Waals surface area contributed by atoms with E-state index in [0.717, 1.165) is 27.1 Å². The molecule has 6 unspecified atom stereocenters. The molecule has 0 aliphatic carbocycles. The topological polar surface area (TPSA) is 288 Å². The number of nitrogen functional groups attached to an aromatic ring is 1. The standard InChI is InChI=1S/C28H40FN5O17P2/c1-12-13(2)20(45-16(5)37)26(46-19(12)17(44-15(4)36)8-42-14(3)35)50-53(40,41)51-52(38,39)43-9-28(29)22-21(47-27(6,7)48-22)25(49-28)34-11-33-18-23(30)31-10-32-24(18)34/h10-13,17,19-22,25-26H,8-9H2,1-7H3,(H,38,39)(H,40,41)(H2,30,31,32)/t12-,13-,17+,19?,20?,21?,22+,25+,26-,28?/m0/s1. The van der Waals surface area contributed by atoms with Gasteiger partial charge in [-0.2, -0.15) is 4.31 Å². The fourth-order valence-electron chi connectivity index (χ4n) is 6.20. The average molecular weight is 800 g/mol. The largest absolute Gasteiger partial charge is 0.483 e. The highest BCUT2D eigenvalue weighted by molar-refractivity contribution is 7.61. The molecule has 0 saturated carbocycles. The fourth-order valence-corrected chi connectivity index (χ4v) is 8.36. The third-order valence-electron chi connectivity index (χ3n) is 8.54. The van der Waals surface area contributed by atoms with Gasteiger partial charge in [-0.15, -0.1) is 0 Å². The summed E-state index contributed by atoms with van der Waals surface area (Å²) in [6.07, 6.45) is -7.64. The van der Waals surface area contributed by atoms with Gasteiger partial charge >= 0.3 is 33.6 Å². The molecule has 5 heterocycles. The van der Waals surface area contributed by atoms with E-state index in [0.29, 0.717) is 0 Å². The van der Waals surface area contributed by atoms with E-state index in [9.17, 15) is 33.3 Å². The first kappa shape index (κ1) is 41.0. The number of imidazole rings is 1. The van der Waals surface area contributed by atoms with Crippen molar-refractivity contribution in [3.05, 3.63) is 12.7 Å². The molecule has 5 rings (SSSR count). The van der Waals surface area contributed by atoms with Crippen LogP contribution in [0.1, 0.15) is 54.7 Å². The van der Waals surface area contributed by atoms with Crippen molar-refractivity contribution in [2.45, 2.75) is 103 Å². The molecule has 22 nitrogen and oxygen atoms in total. The van der Waals surface area contributed by atoms with Gasteiger partial charge in [-0.25, -0.2) is 28.5 Å². The third kappa shape index (κ3) is 9.19. The average Bonchev–Trinajstić information content (AvgIpc) is 3.68. The number of hydrogen-bond donors (Lipinski definition) is 3. The van der Waals surface area contributed by atoms with Gasteiger partial charge in [0.15, 0.2) is 41.8 Å². The van der Waals surface area contributed by atoms with Crippen LogP contribution in [0, 0.1) is 11.8 Å². The van der Waals surface area contributed by atoms with Gasteiger partial charge < -0.3 is 48.7 Å². The van der Waals surface area contributed by atoms with Crippen molar-refractivity contribution in [3.63, 3.8) is 0 Å². The molecule has 25 heteroatoms. The van der Waals surface area contributed by atoms with Crippen LogP contribution < -0.4 is 5.73 Å². The zero-order valence-corrected chi connectivity index (χ0v) is 31.2. The number of hydrogen-bond acceptors (Lipinski definition) is 19. The van der Waals surface area contributed by atoms with Crippen LogP contribution >= 0.6 is 15.6 Å². The number of fused-ring (bicyclic) bond motifs is 2. The van der Waals surface area contributed by atoms with Gasteiger partial charge in [0.05, 0.1) is 6.33 Å². The highest BCUT2D eigenvalue weighted by Gasteiger charge is 2.65. The molecule has 0 spiro atoms. The van der Waals surface area contributed by atoms with Crippen LogP contribution in [0.3, 0.4) is 0 Å². The second-order valence-electron chi connectivity index (χ2n) is 13.0. The number of phosphoric ester groups is 2. The van der Waals surface area contributed by atoms with Crippen LogP contribution in [0.25, 0.3) is 11.2 Å². The first-order valence-electron chi connectivity index (χ1n) is 16.0. The van der Waals surface area contributed by atoms with E-state index >= 15 is 4.39 Å². The number of aromatic nitrogens is 4. The lowest BCUT2D eigenvalue weighted by Gasteiger charge is -2.45. The third-order valence-corrected chi connectivity index (χ3v) is 11.1. The van der Waals surface area contributed by atoms with Crippen LogP contribution in [0.15, 0.2) is 12.7 Å². The summed E-state index contributed by atoms with van der Waals surface area (Å²) in [6, 6.07) is 0. The molecule has 53 heavy (non-hydrogen) atoms. The summed E-state index contributed by atoms with van der Waals surface area (Å²) >= 11 is 0. The Morgan fingerprint density at radius 1 is 1.02 bits per heavy atom. The minimum atomic E-state index is -5.74. The molecular weight excluding hydrogens is 759 g/mol. The SMILES string of the molecule is CC(=O)OC[C@@H](OC(C)=O)C1O[C@@H](OP(=O)(O)OP(=O)(O)OCC2(F)O[C@@H](n3cnc4c(N)ncnc43)C3OC(C)(C)O[C@H]32)C(OC(C)=O)[C@@H](C)[C@@H]1C. The predicted octanol–water partition coefficient (Wildman–Crippen LogP) is 1.80. The van der Waals surface area contributed by atoms with E-state index in [-0.39, 0.29) is 17.0 Å². The quantitative estimate of drug-likeness (QED) is 0.148. The summed E-state index contributed by atoms with van der Waals surface area (Å²) < 4.78 is 97.1. The molecule has 0 amide bonds. The molecule has 3 saturated heterocycles. The van der Waals surface area contributed by atoms with Gasteiger partial charge in [-0.3, -0.25) is 28.0 Å². The number of rotatable bonds is 13. The lowest BCUT2D eigenvalue weighted by Crippen LogP contribution is -2.56. The molecule has 3 fully saturated rings. The summed E-state index contributed by atoms with van der Waals surface area (Å²) in [7, 11) is -11.5. The summed E-state index contributed by atoms with van der Waals surface area (Å²) in [6.45, 7) is 7.48. The number of anilines is 1. The minimum absolute atomic E-state index is 0.0274. The fraction of sp³-hybridized carbons (Fsp3) is 0.714. The summed E-state index contributed by atoms with van der Waals surface area (Å²) in [4.78, 5) is 68.6. The molecule has 12 atom stereocenters. The molecule has 4 N–H and O–H groups in total. The molecule has 0 radical (unpaired) electrons. The number of halogens is 1. The Kier molecular flexibility index (Phi) is 11.7. The highest BCUT2D eigenvalue weighted by Crippen LogP contribution is 2.62. The van der Waals surface area contributed by atoms with Gasteiger partial charge in [0, 0.05) is 26.7 Å². The van der Waals surface area contributed by atoms with Crippen LogP contribution in [0.4, 0.5) is 10.2 Å². The van der Waals surface area contributed by atoms with Crippen molar-refractivity contribution in [3.8, 4) is 0 Å². The smallest absolute Gasteiger partial charge is 0.462 e. The van der Waals surface area contributed by atoms with Crippen molar-refractivity contribution in [2.75, 3.05) is 18.9 Å². The maximum absolute atomic E-state index is 16.6. The Labute approximate surface area is 300 Å². The second-order valence-corrected chi connectivity index (χ2v) is 16.0. The van der Waals surface area contributed by atoms with E-state index in [1.807, 2.05) is 0 Å². The van der Waals surface area contributed by atoms with Gasteiger partial charge in [0.2, 0.25) is 6.29 Å². The molecule has 0 aromatic carbocycles. The lowest BCUT2D eigenvalue weighted by molar-refractivity contribution is -0.271. The van der Waals surface area contributed by atoms with Crippen LogP contribution in [-0.2, 0) is 70.0 Å². The number of carbonyl (C=O) groups excluding carboxylic acids is 3. The number of esters is 3. The van der Waals surface area contributed by atoms with Crippen molar-refractivity contribution >= 4 is 50.5 Å². The zero-order valence-electron chi connectivity index (χ0n) is 29.4. The molecule has 2 aromatic rings. The first-order chi connectivity index (χ1) is 24.5. The number of alkyl halides is 1. The van der Waals surface area contributed by atoms with Crippen LogP contribution in [-0.4, -0.2) is 109 Å². The van der Waals surface area contributed by atoms with Gasteiger partial charge in [0.25, 0.3) is 5.85 Å². The summed E-state index contributed by atoms with van der Waals surface area (Å²) in [5, 5.41) is 0. The van der Waals surface area contributed by atoms with Crippen molar-refractivity contribution in [1.29, 1.82) is 0 Å². The molecule has 296 valence electrons. The summed E-state index contributed by atoms with van der Waals surface area (Å²) in [5.41, 5.74) is 6.18. The monoisotopic (exact) mass is 799 g/mol. The Morgan fingerprint density at radius 3 is 2.36 bits per heavy atom. The predicted molar refractivity (Wildman–Crippen MR) is 170 cm³/mol. The Morgan fingerprint density at radius 2 is 1.72 bits per heavy atom. The zero-order chi connectivity index (χ0) is 39.3. The Bertz CT molecular complexity index is 1820. The van der Waals surface area contributed by atoms with Gasteiger partial charge in [-0.05, 0) is 19.8 Å². The first-order valence-corrected chi connectivity index (χ1v) is 19.0. The molecule has 2 aromatic heterocycles. The van der Waals surface area contributed by atoms with E-state index in [2.05, 4.69) is 19.3 Å². The van der Waals surface area contributed by atoms with E-state index in [1.165, 1.54) is 24.7 Å². The molecule has 0 bridgehead atoms. The van der Waals surface area contributed by atoms with Gasteiger partial charge in [0.1, 0.15) is 37.3 Å². The number of carbonyl (C=O) groups is 3. The van der Waals surface area contributed by atoms with Crippen molar-refractivity contribution in [2.24, 2.45) is 11.8 Å². The second kappa shape index (κ2) is 15.1. The number of ether oxygens (including phenoxy) is 7. The number of phosphoric acid groups is 2. The van der Waals surface area contributed by atoms with E-state index < -0.39 is 113 Å². The maximum Gasteiger partial charge on any atom is 0.483 e. The molecule has 3 aliphatic heterocycles. The van der Waals surface area contributed by atoms with Crippen LogP contribution in [0.5, 0.6) is 0 Å².